The highest BCUT2D eigenvalue weighted by Gasteiger charge is 2.15. The SMILES string of the molecule is Cc1ccc(C)c(-n2c(C)cc(/C=C(/C#N)C(=O)NC(C)C)c2C)c1. The number of nitrogens with one attached hydrogen (secondary N) is 1. The van der Waals surface area contributed by atoms with Crippen molar-refractivity contribution in [2.45, 2.75) is 47.6 Å². The molecule has 1 amide bonds. The van der Waals surface area contributed by atoms with E-state index in [4.69, 9.17) is 0 Å². The number of aryl methyl sites for hydroxylation is 3. The Labute approximate surface area is 149 Å². The summed E-state index contributed by atoms with van der Waals surface area (Å²) in [6.45, 7) is 11.9. The van der Waals surface area contributed by atoms with Gasteiger partial charge in [-0.2, -0.15) is 5.26 Å². The molecule has 0 radical (unpaired) electrons. The fraction of sp³-hybridized carbons (Fsp3) is 0.333. The number of nitriles is 1. The number of nitrogens with zero attached hydrogens (tertiary/aromatic N) is 2. The fourth-order valence-corrected chi connectivity index (χ4v) is 2.91. The first-order valence-electron chi connectivity index (χ1n) is 8.43. The molecule has 1 aromatic heterocycles. The van der Waals surface area contributed by atoms with Crippen molar-refractivity contribution in [1.82, 2.24) is 9.88 Å². The number of hydrogen-bond acceptors (Lipinski definition) is 2. The predicted molar refractivity (Wildman–Crippen MR) is 102 cm³/mol. The third-order valence-electron chi connectivity index (χ3n) is 4.16. The number of carbonyl (C=O) groups excluding carboxylic acids is 1. The van der Waals surface area contributed by atoms with Crippen LogP contribution in [0.3, 0.4) is 0 Å². The van der Waals surface area contributed by atoms with E-state index in [1.807, 2.05) is 39.8 Å². The van der Waals surface area contributed by atoms with Crippen molar-refractivity contribution >= 4 is 12.0 Å². The van der Waals surface area contributed by atoms with Crippen molar-refractivity contribution in [3.05, 3.63) is 57.9 Å². The summed E-state index contributed by atoms with van der Waals surface area (Å²) >= 11 is 0. The molecule has 4 nitrogen and oxygen atoms in total. The summed E-state index contributed by atoms with van der Waals surface area (Å²) in [7, 11) is 0. The molecule has 0 aliphatic heterocycles. The smallest absolute Gasteiger partial charge is 0.262 e. The quantitative estimate of drug-likeness (QED) is 0.674. The van der Waals surface area contributed by atoms with E-state index < -0.39 is 0 Å². The van der Waals surface area contributed by atoms with E-state index in [9.17, 15) is 10.1 Å². The van der Waals surface area contributed by atoms with E-state index in [0.717, 1.165) is 22.6 Å². The van der Waals surface area contributed by atoms with Gasteiger partial charge >= 0.3 is 0 Å². The lowest BCUT2D eigenvalue weighted by molar-refractivity contribution is -0.117. The van der Waals surface area contributed by atoms with Gasteiger partial charge in [-0.25, -0.2) is 0 Å². The first-order valence-corrected chi connectivity index (χ1v) is 8.43. The van der Waals surface area contributed by atoms with Crippen molar-refractivity contribution in [2.75, 3.05) is 0 Å². The maximum atomic E-state index is 12.2. The minimum atomic E-state index is -0.339. The van der Waals surface area contributed by atoms with Crippen LogP contribution >= 0.6 is 0 Å². The highest BCUT2D eigenvalue weighted by molar-refractivity contribution is 6.02. The second-order valence-electron chi connectivity index (χ2n) is 6.75. The van der Waals surface area contributed by atoms with Gasteiger partial charge in [0.1, 0.15) is 11.6 Å². The zero-order valence-corrected chi connectivity index (χ0v) is 15.8. The molecular formula is C21H25N3O. The molecule has 0 bridgehead atoms. The van der Waals surface area contributed by atoms with Gasteiger partial charge in [-0.1, -0.05) is 12.1 Å². The highest BCUT2D eigenvalue weighted by atomic mass is 16.1. The topological polar surface area (TPSA) is 57.8 Å². The molecule has 0 aliphatic rings. The van der Waals surface area contributed by atoms with Crippen LogP contribution in [0.15, 0.2) is 29.8 Å². The van der Waals surface area contributed by atoms with Gasteiger partial charge in [0, 0.05) is 23.1 Å². The first-order chi connectivity index (χ1) is 11.7. The number of benzene rings is 1. The predicted octanol–water partition coefficient (Wildman–Crippen LogP) is 4.14. The average Bonchev–Trinajstić information content (AvgIpc) is 2.80. The third-order valence-corrected chi connectivity index (χ3v) is 4.16. The first kappa shape index (κ1) is 18.5. The van der Waals surface area contributed by atoms with Crippen LogP contribution in [0.2, 0.25) is 0 Å². The summed E-state index contributed by atoms with van der Waals surface area (Å²) in [4.78, 5) is 12.2. The zero-order valence-electron chi connectivity index (χ0n) is 15.8. The number of amides is 1. The summed E-state index contributed by atoms with van der Waals surface area (Å²) in [5, 5.41) is 12.1. The van der Waals surface area contributed by atoms with E-state index in [-0.39, 0.29) is 17.5 Å². The fourth-order valence-electron chi connectivity index (χ4n) is 2.91. The van der Waals surface area contributed by atoms with Gasteiger partial charge in [0.15, 0.2) is 0 Å². The number of rotatable bonds is 4. The van der Waals surface area contributed by atoms with Crippen molar-refractivity contribution < 1.29 is 4.79 Å². The van der Waals surface area contributed by atoms with Crippen LogP contribution in [0.1, 0.15) is 41.9 Å². The molecule has 0 unspecified atom stereocenters. The Kier molecular flexibility index (Phi) is 5.48. The number of carbonyl (C=O) groups is 1. The van der Waals surface area contributed by atoms with E-state index in [2.05, 4.69) is 41.9 Å². The van der Waals surface area contributed by atoms with Crippen LogP contribution in [0.5, 0.6) is 0 Å². The van der Waals surface area contributed by atoms with Gasteiger partial charge in [0.2, 0.25) is 0 Å². The summed E-state index contributed by atoms with van der Waals surface area (Å²) in [5.74, 6) is -0.339. The molecule has 0 spiro atoms. The van der Waals surface area contributed by atoms with Crippen LogP contribution in [0.25, 0.3) is 11.8 Å². The van der Waals surface area contributed by atoms with Crippen LogP contribution in [0, 0.1) is 39.0 Å². The normalized spacial score (nSPS) is 11.5. The van der Waals surface area contributed by atoms with Gasteiger partial charge in [0.05, 0.1) is 0 Å². The van der Waals surface area contributed by atoms with E-state index in [0.29, 0.717) is 0 Å². The van der Waals surface area contributed by atoms with E-state index >= 15 is 0 Å². The van der Waals surface area contributed by atoms with Crippen molar-refractivity contribution in [2.24, 2.45) is 0 Å². The maximum absolute atomic E-state index is 12.2. The average molecular weight is 335 g/mol. The Hall–Kier alpha value is -2.80. The standard InChI is InChI=1S/C21H25N3O/c1-13(2)23-21(25)19(12-22)11-18-10-16(5)24(17(18)6)20-9-14(3)7-8-15(20)4/h7-11,13H,1-6H3,(H,23,25)/b19-11-. The van der Waals surface area contributed by atoms with Gasteiger partial charge in [-0.05, 0) is 76.4 Å². The minimum Gasteiger partial charge on any atom is -0.349 e. The Morgan fingerprint density at radius 2 is 1.88 bits per heavy atom. The van der Waals surface area contributed by atoms with E-state index in [1.54, 1.807) is 6.08 Å². The summed E-state index contributed by atoms with van der Waals surface area (Å²) in [5.41, 5.74) is 6.58. The monoisotopic (exact) mass is 335 g/mol. The van der Waals surface area contributed by atoms with Crippen LogP contribution < -0.4 is 5.32 Å². The lowest BCUT2D eigenvalue weighted by Crippen LogP contribution is -2.30. The maximum Gasteiger partial charge on any atom is 0.262 e. The van der Waals surface area contributed by atoms with Crippen LogP contribution in [0.4, 0.5) is 0 Å². The second-order valence-corrected chi connectivity index (χ2v) is 6.75. The number of aromatic nitrogens is 1. The van der Waals surface area contributed by atoms with Gasteiger partial charge in [-0.3, -0.25) is 4.79 Å². The minimum absolute atomic E-state index is 0.00775. The summed E-state index contributed by atoms with van der Waals surface area (Å²) < 4.78 is 2.17. The molecule has 1 aromatic carbocycles. The van der Waals surface area contributed by atoms with Crippen molar-refractivity contribution in [1.29, 1.82) is 5.26 Å². The molecular weight excluding hydrogens is 310 g/mol. The molecule has 0 atom stereocenters. The Morgan fingerprint density at radius 1 is 1.20 bits per heavy atom. The molecule has 1 N–H and O–H groups in total. The largest absolute Gasteiger partial charge is 0.349 e. The lowest BCUT2D eigenvalue weighted by Gasteiger charge is -2.13. The summed E-state index contributed by atoms with van der Waals surface area (Å²) in [6, 6.07) is 10.4. The number of hydrogen-bond donors (Lipinski definition) is 1. The van der Waals surface area contributed by atoms with Crippen molar-refractivity contribution in [3.63, 3.8) is 0 Å². The molecule has 2 aromatic rings. The Balaban J connectivity index is 2.53. The summed E-state index contributed by atoms with van der Waals surface area (Å²) in [6.07, 6.45) is 1.67. The Bertz CT molecular complexity index is 879. The molecule has 0 fully saturated rings. The van der Waals surface area contributed by atoms with E-state index in [1.165, 1.54) is 11.1 Å². The van der Waals surface area contributed by atoms with Gasteiger partial charge in [-0.15, -0.1) is 0 Å². The molecule has 4 heteroatoms. The van der Waals surface area contributed by atoms with Crippen LogP contribution in [-0.4, -0.2) is 16.5 Å². The second kappa shape index (κ2) is 7.40. The van der Waals surface area contributed by atoms with Crippen molar-refractivity contribution in [3.8, 4) is 11.8 Å². The molecule has 0 saturated carbocycles. The molecule has 130 valence electrons. The Morgan fingerprint density at radius 3 is 2.48 bits per heavy atom. The van der Waals surface area contributed by atoms with Gasteiger partial charge in [0.25, 0.3) is 5.91 Å². The molecule has 0 aliphatic carbocycles. The van der Waals surface area contributed by atoms with Gasteiger partial charge < -0.3 is 9.88 Å². The molecule has 25 heavy (non-hydrogen) atoms. The molecule has 0 saturated heterocycles. The third kappa shape index (κ3) is 4.00. The zero-order chi connectivity index (χ0) is 18.7. The lowest BCUT2D eigenvalue weighted by atomic mass is 10.1. The highest BCUT2D eigenvalue weighted by Crippen LogP contribution is 2.25. The molecule has 2 rings (SSSR count). The van der Waals surface area contributed by atoms with Crippen LogP contribution in [-0.2, 0) is 4.79 Å². The molecule has 1 heterocycles.